The summed E-state index contributed by atoms with van der Waals surface area (Å²) in [5, 5.41) is 43.0. The molecular weight excluding hydrogens is 370 g/mol. The van der Waals surface area contributed by atoms with Crippen molar-refractivity contribution in [1.29, 1.82) is 0 Å². The number of aromatic hydroxyl groups is 2. The van der Waals surface area contributed by atoms with Gasteiger partial charge in [-0.25, -0.2) is 0 Å². The number of aliphatic carboxylic acids is 1. The van der Waals surface area contributed by atoms with Gasteiger partial charge in [0, 0.05) is 0 Å². The SMILES string of the molecule is C[C@@H]([NH2+]Cc1c(O)ccc(C(=O)COc2ccc(C(=O)[O-])cc2)c1O)C(=O)[O-]. The topological polar surface area (TPSA) is 164 Å². The summed E-state index contributed by atoms with van der Waals surface area (Å²) in [5.74, 6) is -3.74. The van der Waals surface area contributed by atoms with E-state index in [2.05, 4.69) is 0 Å². The summed E-state index contributed by atoms with van der Waals surface area (Å²) in [4.78, 5) is 33.8. The van der Waals surface area contributed by atoms with Crippen LogP contribution in [0.25, 0.3) is 0 Å². The first-order chi connectivity index (χ1) is 13.2. The van der Waals surface area contributed by atoms with Gasteiger partial charge in [0.1, 0.15) is 29.8 Å². The molecule has 0 fully saturated rings. The van der Waals surface area contributed by atoms with Gasteiger partial charge in [0.05, 0.1) is 23.1 Å². The Labute approximate surface area is 159 Å². The molecule has 2 aromatic rings. The molecule has 9 nitrogen and oxygen atoms in total. The molecule has 148 valence electrons. The molecule has 0 aromatic heterocycles. The third kappa shape index (κ3) is 4.98. The molecule has 1 atom stereocenters. The van der Waals surface area contributed by atoms with E-state index in [4.69, 9.17) is 4.74 Å². The van der Waals surface area contributed by atoms with Crippen LogP contribution < -0.4 is 20.3 Å². The van der Waals surface area contributed by atoms with Crippen LogP contribution in [-0.4, -0.2) is 40.6 Å². The van der Waals surface area contributed by atoms with Gasteiger partial charge >= 0.3 is 0 Å². The Hall–Kier alpha value is -3.59. The lowest BCUT2D eigenvalue weighted by molar-refractivity contribution is -0.695. The smallest absolute Gasteiger partial charge is 0.203 e. The number of carboxylic acid groups (broad SMARTS) is 2. The fourth-order valence-corrected chi connectivity index (χ4v) is 2.36. The quantitative estimate of drug-likeness (QED) is 0.412. The maximum absolute atomic E-state index is 12.3. The first-order valence-corrected chi connectivity index (χ1v) is 8.26. The first-order valence-electron chi connectivity index (χ1n) is 8.26. The zero-order valence-electron chi connectivity index (χ0n) is 14.9. The summed E-state index contributed by atoms with van der Waals surface area (Å²) in [7, 11) is 0. The standard InChI is InChI=1S/C19H19NO8/c1-10(18(24)25)20-8-14-15(21)7-6-13(17(14)23)16(22)9-28-12-4-2-11(3-5-12)19(26)27/h2-7,10,20-21,23H,8-9H2,1H3,(H,24,25)(H,26,27)/p-1/t10-/m1/s1. The summed E-state index contributed by atoms with van der Waals surface area (Å²) in [6.45, 7) is 0.860. The van der Waals surface area contributed by atoms with E-state index in [1.165, 1.54) is 48.6 Å². The molecule has 4 N–H and O–H groups in total. The number of carbonyl (C=O) groups is 3. The average Bonchev–Trinajstić information content (AvgIpc) is 2.66. The fourth-order valence-electron chi connectivity index (χ4n) is 2.36. The molecule has 0 aliphatic rings. The van der Waals surface area contributed by atoms with E-state index in [-0.39, 0.29) is 34.7 Å². The minimum absolute atomic E-state index is 0.0114. The van der Waals surface area contributed by atoms with Crippen molar-refractivity contribution in [3.8, 4) is 17.2 Å². The zero-order chi connectivity index (χ0) is 20.8. The maximum atomic E-state index is 12.3. The van der Waals surface area contributed by atoms with Crippen LogP contribution in [0, 0.1) is 0 Å². The zero-order valence-corrected chi connectivity index (χ0v) is 14.9. The second-order valence-electron chi connectivity index (χ2n) is 6.03. The average molecular weight is 388 g/mol. The number of ketones is 1. The van der Waals surface area contributed by atoms with Gasteiger partial charge in [0.25, 0.3) is 0 Å². The van der Waals surface area contributed by atoms with Crippen LogP contribution >= 0.6 is 0 Å². The molecule has 0 unspecified atom stereocenters. The van der Waals surface area contributed by atoms with Crippen LogP contribution in [0.3, 0.4) is 0 Å². The Morgan fingerprint density at radius 3 is 2.29 bits per heavy atom. The van der Waals surface area contributed by atoms with Crippen molar-refractivity contribution >= 4 is 17.7 Å². The molecule has 0 radical (unpaired) electrons. The number of aromatic carboxylic acids is 1. The molecule has 2 rings (SSSR count). The molecule has 28 heavy (non-hydrogen) atoms. The predicted octanol–water partition coefficient (Wildman–Crippen LogP) is -2.08. The highest BCUT2D eigenvalue weighted by atomic mass is 16.5. The lowest BCUT2D eigenvalue weighted by Gasteiger charge is -2.14. The van der Waals surface area contributed by atoms with Crippen LogP contribution in [0.1, 0.15) is 33.2 Å². The van der Waals surface area contributed by atoms with Crippen molar-refractivity contribution in [2.75, 3.05) is 6.61 Å². The molecule has 0 saturated carbocycles. The lowest BCUT2D eigenvalue weighted by atomic mass is 10.0. The molecule has 0 amide bonds. The van der Waals surface area contributed by atoms with Crippen molar-refractivity contribution in [2.24, 2.45) is 0 Å². The highest BCUT2D eigenvalue weighted by Gasteiger charge is 2.20. The van der Waals surface area contributed by atoms with Gasteiger partial charge in [0.15, 0.2) is 6.61 Å². The molecule has 0 heterocycles. The van der Waals surface area contributed by atoms with Crippen LogP contribution in [0.5, 0.6) is 17.2 Å². The molecule has 0 bridgehead atoms. The summed E-state index contributed by atoms with van der Waals surface area (Å²) >= 11 is 0. The molecule has 2 aromatic carbocycles. The fraction of sp³-hybridized carbons (Fsp3) is 0.211. The van der Waals surface area contributed by atoms with E-state index in [0.717, 1.165) is 0 Å². The molecule has 0 aliphatic heterocycles. The maximum Gasteiger partial charge on any atom is 0.203 e. The summed E-state index contributed by atoms with van der Waals surface area (Å²) in [6.07, 6.45) is 0. The predicted molar refractivity (Wildman–Crippen MR) is 90.5 cm³/mol. The summed E-state index contributed by atoms with van der Waals surface area (Å²) in [5.41, 5.74) is -0.132. The number of benzene rings is 2. The minimum atomic E-state index is -1.34. The van der Waals surface area contributed by atoms with Crippen LogP contribution in [-0.2, 0) is 11.3 Å². The summed E-state index contributed by atoms with van der Waals surface area (Å²) < 4.78 is 5.28. The van der Waals surface area contributed by atoms with E-state index in [0.29, 0.717) is 0 Å². The Balaban J connectivity index is 2.09. The van der Waals surface area contributed by atoms with E-state index in [1.54, 1.807) is 0 Å². The van der Waals surface area contributed by atoms with E-state index >= 15 is 0 Å². The Morgan fingerprint density at radius 1 is 1.07 bits per heavy atom. The molecular formula is C19H18NO8-. The number of rotatable bonds is 9. The Bertz CT molecular complexity index is 892. The number of nitrogens with two attached hydrogens (primary N) is 1. The number of phenols is 2. The van der Waals surface area contributed by atoms with E-state index in [9.17, 15) is 34.8 Å². The first kappa shape index (κ1) is 20.7. The van der Waals surface area contributed by atoms with Gasteiger partial charge in [-0.05, 0) is 48.9 Å². The number of Topliss-reactive ketones (excluding diaryl/α,β-unsaturated/α-hetero) is 1. The van der Waals surface area contributed by atoms with Crippen molar-refractivity contribution in [3.05, 3.63) is 53.1 Å². The van der Waals surface area contributed by atoms with Crippen LogP contribution in [0.15, 0.2) is 36.4 Å². The van der Waals surface area contributed by atoms with Crippen LogP contribution in [0.4, 0.5) is 0 Å². The van der Waals surface area contributed by atoms with Gasteiger partial charge in [-0.3, -0.25) is 4.79 Å². The minimum Gasteiger partial charge on any atom is -0.545 e. The van der Waals surface area contributed by atoms with Gasteiger partial charge in [-0.15, -0.1) is 0 Å². The van der Waals surface area contributed by atoms with E-state index in [1.807, 2.05) is 0 Å². The van der Waals surface area contributed by atoms with Gasteiger partial charge in [0.2, 0.25) is 5.78 Å². The van der Waals surface area contributed by atoms with Crippen molar-refractivity contribution < 1.29 is 44.9 Å². The molecule has 0 saturated heterocycles. The molecule has 0 spiro atoms. The monoisotopic (exact) mass is 388 g/mol. The van der Waals surface area contributed by atoms with Crippen molar-refractivity contribution in [2.45, 2.75) is 19.5 Å². The van der Waals surface area contributed by atoms with Crippen molar-refractivity contribution in [1.82, 2.24) is 0 Å². The number of phenolic OH excluding ortho intramolecular Hbond substituents is 2. The van der Waals surface area contributed by atoms with E-state index < -0.39 is 36.1 Å². The van der Waals surface area contributed by atoms with Gasteiger partial charge in [-0.1, -0.05) is 0 Å². The normalized spacial score (nSPS) is 11.6. The number of hydrogen-bond donors (Lipinski definition) is 3. The number of ether oxygens (including phenoxy) is 1. The molecule has 9 heteroatoms. The Morgan fingerprint density at radius 2 is 1.71 bits per heavy atom. The number of carbonyl (C=O) groups excluding carboxylic acids is 3. The third-order valence-electron chi connectivity index (χ3n) is 4.07. The largest absolute Gasteiger partial charge is 0.545 e. The highest BCUT2D eigenvalue weighted by molar-refractivity contribution is 6.00. The van der Waals surface area contributed by atoms with Gasteiger partial charge < -0.3 is 40.1 Å². The van der Waals surface area contributed by atoms with Crippen molar-refractivity contribution in [3.63, 3.8) is 0 Å². The second-order valence-corrected chi connectivity index (χ2v) is 6.03. The second kappa shape index (κ2) is 8.87. The number of carboxylic acids is 2. The third-order valence-corrected chi connectivity index (χ3v) is 4.07. The molecule has 0 aliphatic carbocycles. The van der Waals surface area contributed by atoms with Crippen LogP contribution in [0.2, 0.25) is 0 Å². The number of hydrogen-bond acceptors (Lipinski definition) is 8. The summed E-state index contributed by atoms with van der Waals surface area (Å²) in [6, 6.07) is 6.77. The highest BCUT2D eigenvalue weighted by Crippen LogP contribution is 2.30. The van der Waals surface area contributed by atoms with Gasteiger partial charge in [-0.2, -0.15) is 0 Å². The Kier molecular flexibility index (Phi) is 6.56. The number of quaternary nitrogens is 1. The lowest BCUT2D eigenvalue weighted by Crippen LogP contribution is -2.90.